The summed E-state index contributed by atoms with van der Waals surface area (Å²) in [6, 6.07) is 18.8. The molecular weight excluding hydrogens is 446 g/mol. The van der Waals surface area contributed by atoms with E-state index in [0.29, 0.717) is 21.8 Å². The molecule has 8 nitrogen and oxygen atoms in total. The number of carbonyl (C=O) groups excluding carboxylic acids is 4. The molecule has 0 saturated carbocycles. The fourth-order valence-electron chi connectivity index (χ4n) is 2.82. The van der Waals surface area contributed by atoms with Crippen LogP contribution in [0.5, 0.6) is 0 Å². The van der Waals surface area contributed by atoms with Crippen LogP contribution < -0.4 is 16.0 Å². The number of hydrogen-bond donors (Lipinski definition) is 3. The smallest absolute Gasteiger partial charge is 0.340 e. The summed E-state index contributed by atoms with van der Waals surface area (Å²) in [4.78, 5) is 48.7. The Kier molecular flexibility index (Phi) is 7.77. The van der Waals surface area contributed by atoms with Crippen molar-refractivity contribution in [3.05, 3.63) is 94.5 Å². The minimum atomic E-state index is -0.771. The highest BCUT2D eigenvalue weighted by Gasteiger charge is 2.17. The number of amides is 3. The Morgan fingerprint density at radius 3 is 2.06 bits per heavy atom. The van der Waals surface area contributed by atoms with Crippen molar-refractivity contribution >= 4 is 46.7 Å². The first-order chi connectivity index (χ1) is 15.9. The zero-order valence-corrected chi connectivity index (χ0v) is 18.3. The Labute approximate surface area is 194 Å². The molecule has 33 heavy (non-hydrogen) atoms. The summed E-state index contributed by atoms with van der Waals surface area (Å²) in [6.45, 7) is -0.532. The largest absolute Gasteiger partial charge is 0.452 e. The summed E-state index contributed by atoms with van der Waals surface area (Å²) >= 11 is 5.84. The van der Waals surface area contributed by atoms with Crippen LogP contribution in [-0.4, -0.2) is 37.3 Å². The van der Waals surface area contributed by atoms with Gasteiger partial charge < -0.3 is 20.7 Å². The maximum atomic E-state index is 12.5. The first kappa shape index (κ1) is 23.5. The van der Waals surface area contributed by atoms with E-state index in [9.17, 15) is 19.2 Å². The summed E-state index contributed by atoms with van der Waals surface area (Å²) in [5.41, 5.74) is 1.60. The molecule has 0 spiro atoms. The van der Waals surface area contributed by atoms with Crippen LogP contribution >= 0.6 is 11.6 Å². The zero-order valence-electron chi connectivity index (χ0n) is 17.6. The minimum absolute atomic E-state index is 0.0996. The van der Waals surface area contributed by atoms with Gasteiger partial charge in [-0.2, -0.15) is 0 Å². The van der Waals surface area contributed by atoms with Gasteiger partial charge in [-0.3, -0.25) is 14.4 Å². The van der Waals surface area contributed by atoms with E-state index in [4.69, 9.17) is 16.3 Å². The van der Waals surface area contributed by atoms with E-state index < -0.39 is 24.4 Å². The summed E-state index contributed by atoms with van der Waals surface area (Å²) in [7, 11) is 1.52. The first-order valence-electron chi connectivity index (χ1n) is 9.82. The highest BCUT2D eigenvalue weighted by molar-refractivity contribution is 6.30. The van der Waals surface area contributed by atoms with E-state index in [1.54, 1.807) is 66.7 Å². The van der Waals surface area contributed by atoms with Crippen LogP contribution in [0.2, 0.25) is 5.02 Å². The molecule has 0 aromatic heterocycles. The Morgan fingerprint density at radius 2 is 1.39 bits per heavy atom. The SMILES string of the molecule is CNC(=O)c1ccc(NC(=O)COC(=O)c2ccccc2NC(=O)c2ccc(Cl)cc2)cc1. The van der Waals surface area contributed by atoms with Crippen molar-refractivity contribution in [1.29, 1.82) is 0 Å². The number of para-hydroxylation sites is 1. The highest BCUT2D eigenvalue weighted by atomic mass is 35.5. The van der Waals surface area contributed by atoms with E-state index >= 15 is 0 Å². The lowest BCUT2D eigenvalue weighted by Crippen LogP contribution is -2.22. The number of esters is 1. The molecule has 3 N–H and O–H groups in total. The third-order valence-corrected chi connectivity index (χ3v) is 4.75. The molecule has 3 aromatic carbocycles. The lowest BCUT2D eigenvalue weighted by Gasteiger charge is -2.11. The van der Waals surface area contributed by atoms with Crippen molar-refractivity contribution in [1.82, 2.24) is 5.32 Å². The zero-order chi connectivity index (χ0) is 23.8. The third kappa shape index (κ3) is 6.41. The maximum absolute atomic E-state index is 12.5. The second-order valence-corrected chi connectivity index (χ2v) is 7.22. The number of carbonyl (C=O) groups is 4. The summed E-state index contributed by atoms with van der Waals surface area (Å²) < 4.78 is 5.10. The Bertz CT molecular complexity index is 1180. The summed E-state index contributed by atoms with van der Waals surface area (Å²) in [5, 5.41) is 8.23. The number of rotatable bonds is 7. The Hall–Kier alpha value is -4.17. The van der Waals surface area contributed by atoms with Gasteiger partial charge in [0.15, 0.2) is 6.61 Å². The van der Waals surface area contributed by atoms with Gasteiger partial charge in [-0.15, -0.1) is 0 Å². The fourth-order valence-corrected chi connectivity index (χ4v) is 2.95. The van der Waals surface area contributed by atoms with E-state index in [2.05, 4.69) is 16.0 Å². The molecule has 3 amide bonds. The predicted octanol–water partition coefficient (Wildman–Crippen LogP) is 3.75. The number of anilines is 2. The molecule has 3 aromatic rings. The lowest BCUT2D eigenvalue weighted by molar-refractivity contribution is -0.119. The molecule has 0 radical (unpaired) electrons. The van der Waals surface area contributed by atoms with Crippen LogP contribution in [0, 0.1) is 0 Å². The van der Waals surface area contributed by atoms with Crippen LogP contribution in [0.3, 0.4) is 0 Å². The van der Waals surface area contributed by atoms with Gasteiger partial charge in [0.2, 0.25) is 0 Å². The van der Waals surface area contributed by atoms with E-state index in [-0.39, 0.29) is 17.2 Å². The van der Waals surface area contributed by atoms with Gasteiger partial charge in [-0.1, -0.05) is 23.7 Å². The second kappa shape index (κ2) is 10.9. The molecule has 0 unspecified atom stereocenters. The average molecular weight is 466 g/mol. The van der Waals surface area contributed by atoms with Gasteiger partial charge in [0.25, 0.3) is 17.7 Å². The van der Waals surface area contributed by atoms with Crippen LogP contribution in [0.25, 0.3) is 0 Å². The van der Waals surface area contributed by atoms with Crippen LogP contribution in [0.1, 0.15) is 31.1 Å². The van der Waals surface area contributed by atoms with Crippen molar-refractivity contribution in [3.63, 3.8) is 0 Å². The van der Waals surface area contributed by atoms with Crippen molar-refractivity contribution < 1.29 is 23.9 Å². The van der Waals surface area contributed by atoms with Crippen LogP contribution in [-0.2, 0) is 9.53 Å². The lowest BCUT2D eigenvalue weighted by atomic mass is 10.1. The van der Waals surface area contributed by atoms with Gasteiger partial charge in [-0.05, 0) is 60.7 Å². The molecule has 0 aliphatic rings. The van der Waals surface area contributed by atoms with Crippen molar-refractivity contribution in [3.8, 4) is 0 Å². The highest BCUT2D eigenvalue weighted by Crippen LogP contribution is 2.18. The quantitative estimate of drug-likeness (QED) is 0.460. The summed E-state index contributed by atoms with van der Waals surface area (Å²) in [6.07, 6.45) is 0. The van der Waals surface area contributed by atoms with Crippen molar-refractivity contribution in [2.24, 2.45) is 0 Å². The topological polar surface area (TPSA) is 114 Å². The molecule has 0 saturated heterocycles. The molecule has 0 heterocycles. The standard InChI is InChI=1S/C24H20ClN3O5/c1-26-22(30)15-8-12-18(13-9-15)27-21(29)14-33-24(32)19-4-2-3-5-20(19)28-23(31)16-6-10-17(25)11-7-16/h2-13H,14H2,1H3,(H,26,30)(H,27,29)(H,28,31). The molecule has 0 aliphatic carbocycles. The molecule has 3 rings (SSSR count). The number of halogens is 1. The average Bonchev–Trinajstić information content (AvgIpc) is 2.83. The molecule has 0 aliphatic heterocycles. The molecule has 0 atom stereocenters. The van der Waals surface area contributed by atoms with Crippen LogP contribution in [0.4, 0.5) is 11.4 Å². The van der Waals surface area contributed by atoms with Crippen molar-refractivity contribution in [2.75, 3.05) is 24.3 Å². The maximum Gasteiger partial charge on any atom is 0.340 e. The van der Waals surface area contributed by atoms with E-state index in [1.165, 1.54) is 13.1 Å². The van der Waals surface area contributed by atoms with Gasteiger partial charge in [0, 0.05) is 28.9 Å². The van der Waals surface area contributed by atoms with Gasteiger partial charge in [0.05, 0.1) is 11.3 Å². The predicted molar refractivity (Wildman–Crippen MR) is 125 cm³/mol. The van der Waals surface area contributed by atoms with Gasteiger partial charge in [-0.25, -0.2) is 4.79 Å². The molecule has 9 heteroatoms. The normalized spacial score (nSPS) is 10.1. The number of ether oxygens (including phenoxy) is 1. The summed E-state index contributed by atoms with van der Waals surface area (Å²) in [5.74, 6) is -2.00. The molecule has 168 valence electrons. The number of nitrogens with one attached hydrogen (secondary N) is 3. The first-order valence-corrected chi connectivity index (χ1v) is 10.2. The second-order valence-electron chi connectivity index (χ2n) is 6.79. The molecular formula is C24H20ClN3O5. The Morgan fingerprint density at radius 1 is 0.788 bits per heavy atom. The number of hydrogen-bond acceptors (Lipinski definition) is 5. The van der Waals surface area contributed by atoms with Crippen molar-refractivity contribution in [2.45, 2.75) is 0 Å². The molecule has 0 fully saturated rings. The minimum Gasteiger partial charge on any atom is -0.452 e. The van der Waals surface area contributed by atoms with Gasteiger partial charge in [0.1, 0.15) is 0 Å². The van der Waals surface area contributed by atoms with Gasteiger partial charge >= 0.3 is 5.97 Å². The number of benzene rings is 3. The monoisotopic (exact) mass is 465 g/mol. The van der Waals surface area contributed by atoms with E-state index in [1.807, 2.05) is 0 Å². The molecule has 0 bridgehead atoms. The van der Waals surface area contributed by atoms with Crippen LogP contribution in [0.15, 0.2) is 72.8 Å². The van der Waals surface area contributed by atoms with E-state index in [0.717, 1.165) is 0 Å². The fraction of sp³-hybridized carbons (Fsp3) is 0.0833. The Balaban J connectivity index is 1.59. The third-order valence-electron chi connectivity index (χ3n) is 4.49.